The molecule has 1 aliphatic heterocycles. The first-order chi connectivity index (χ1) is 10.8. The zero-order valence-electron chi connectivity index (χ0n) is 13.0. The minimum Gasteiger partial charge on any atom is -0.488 e. The van der Waals surface area contributed by atoms with Crippen molar-refractivity contribution in [2.45, 2.75) is 26.0 Å². The highest BCUT2D eigenvalue weighted by Crippen LogP contribution is 2.27. The van der Waals surface area contributed by atoms with Crippen LogP contribution in [-0.2, 0) is 13.0 Å². The third kappa shape index (κ3) is 4.85. The average Bonchev–Trinajstić information content (AvgIpc) is 3.18. The molecule has 3 rings (SSSR count). The molecule has 7 heteroatoms. The Morgan fingerprint density at radius 2 is 2.17 bits per heavy atom. The quantitative estimate of drug-likeness (QED) is 0.435. The maximum atomic E-state index is 5.91. The molecule has 1 aliphatic rings. The van der Waals surface area contributed by atoms with Crippen molar-refractivity contribution in [3.63, 3.8) is 0 Å². The number of hydrogen-bond acceptors (Lipinski definition) is 4. The molecular weight excluding hydrogens is 407 g/mol. The fourth-order valence-electron chi connectivity index (χ4n) is 2.40. The van der Waals surface area contributed by atoms with Crippen LogP contribution in [0.15, 0.2) is 46.1 Å². The molecule has 1 aromatic heterocycles. The molecule has 0 amide bonds. The van der Waals surface area contributed by atoms with Gasteiger partial charge in [0.15, 0.2) is 5.96 Å². The molecule has 124 valence electrons. The first kappa shape index (κ1) is 17.6. The van der Waals surface area contributed by atoms with E-state index in [1.54, 1.807) is 6.26 Å². The molecular formula is C16H21IN4O2. The van der Waals surface area contributed by atoms with Crippen molar-refractivity contribution < 1.29 is 9.26 Å². The maximum Gasteiger partial charge on any atom is 0.191 e. The van der Waals surface area contributed by atoms with E-state index in [-0.39, 0.29) is 30.1 Å². The predicted octanol–water partition coefficient (Wildman–Crippen LogP) is 2.35. The van der Waals surface area contributed by atoms with E-state index in [4.69, 9.17) is 9.26 Å². The van der Waals surface area contributed by atoms with Crippen LogP contribution in [0.3, 0.4) is 0 Å². The SMILES string of the molecule is CCNC(=NCc1ccon1)NCC1Cc2ccccc2O1.I. The number of guanidine groups is 1. The fraction of sp³-hybridized carbons (Fsp3) is 0.375. The van der Waals surface area contributed by atoms with Crippen molar-refractivity contribution in [1.29, 1.82) is 0 Å². The number of hydrogen-bond donors (Lipinski definition) is 2. The smallest absolute Gasteiger partial charge is 0.191 e. The van der Waals surface area contributed by atoms with Crippen LogP contribution in [0, 0.1) is 0 Å². The number of fused-ring (bicyclic) bond motifs is 1. The van der Waals surface area contributed by atoms with Crippen molar-refractivity contribution in [3.05, 3.63) is 47.9 Å². The van der Waals surface area contributed by atoms with Crippen LogP contribution < -0.4 is 15.4 Å². The Labute approximate surface area is 152 Å². The van der Waals surface area contributed by atoms with Crippen LogP contribution in [0.2, 0.25) is 0 Å². The number of nitrogens with zero attached hydrogens (tertiary/aromatic N) is 2. The third-order valence-electron chi connectivity index (χ3n) is 3.45. The van der Waals surface area contributed by atoms with E-state index in [0.717, 1.165) is 30.4 Å². The number of rotatable bonds is 5. The van der Waals surface area contributed by atoms with E-state index >= 15 is 0 Å². The first-order valence-electron chi connectivity index (χ1n) is 7.51. The summed E-state index contributed by atoms with van der Waals surface area (Å²) in [6, 6.07) is 9.97. The summed E-state index contributed by atoms with van der Waals surface area (Å²) in [6.07, 6.45) is 2.61. The lowest BCUT2D eigenvalue weighted by molar-refractivity contribution is 0.235. The number of aliphatic imine (C=N–C) groups is 1. The van der Waals surface area contributed by atoms with Gasteiger partial charge < -0.3 is 19.9 Å². The zero-order valence-corrected chi connectivity index (χ0v) is 15.3. The highest BCUT2D eigenvalue weighted by Gasteiger charge is 2.22. The van der Waals surface area contributed by atoms with Gasteiger partial charge in [0.25, 0.3) is 0 Å². The largest absolute Gasteiger partial charge is 0.488 e. The summed E-state index contributed by atoms with van der Waals surface area (Å²) in [7, 11) is 0. The van der Waals surface area contributed by atoms with E-state index in [1.165, 1.54) is 5.56 Å². The van der Waals surface area contributed by atoms with E-state index in [9.17, 15) is 0 Å². The summed E-state index contributed by atoms with van der Waals surface area (Å²) >= 11 is 0. The normalized spacial score (nSPS) is 16.2. The van der Waals surface area contributed by atoms with Gasteiger partial charge in [0.1, 0.15) is 23.8 Å². The molecule has 0 saturated carbocycles. The van der Waals surface area contributed by atoms with E-state index in [1.807, 2.05) is 31.2 Å². The van der Waals surface area contributed by atoms with Crippen molar-refractivity contribution in [3.8, 4) is 5.75 Å². The molecule has 0 saturated heterocycles. The van der Waals surface area contributed by atoms with Gasteiger partial charge in [0.05, 0.1) is 13.1 Å². The molecule has 1 aromatic carbocycles. The molecule has 0 aliphatic carbocycles. The molecule has 2 N–H and O–H groups in total. The Kier molecular flexibility index (Phi) is 6.69. The number of para-hydroxylation sites is 1. The molecule has 23 heavy (non-hydrogen) atoms. The Bertz CT molecular complexity index is 606. The molecule has 1 unspecified atom stereocenters. The van der Waals surface area contributed by atoms with Crippen LogP contribution in [0.25, 0.3) is 0 Å². The van der Waals surface area contributed by atoms with Crippen molar-refractivity contribution in [2.75, 3.05) is 13.1 Å². The first-order valence-corrected chi connectivity index (χ1v) is 7.51. The lowest BCUT2D eigenvalue weighted by Crippen LogP contribution is -2.42. The lowest BCUT2D eigenvalue weighted by atomic mass is 10.1. The monoisotopic (exact) mass is 428 g/mol. The van der Waals surface area contributed by atoms with Crippen LogP contribution >= 0.6 is 24.0 Å². The number of ether oxygens (including phenoxy) is 1. The van der Waals surface area contributed by atoms with E-state index in [2.05, 4.69) is 26.8 Å². The highest BCUT2D eigenvalue weighted by molar-refractivity contribution is 14.0. The molecule has 0 bridgehead atoms. The lowest BCUT2D eigenvalue weighted by Gasteiger charge is -2.15. The number of halogens is 1. The minimum atomic E-state index is 0. The summed E-state index contributed by atoms with van der Waals surface area (Å²) in [5, 5.41) is 10.4. The van der Waals surface area contributed by atoms with Gasteiger partial charge >= 0.3 is 0 Å². The summed E-state index contributed by atoms with van der Waals surface area (Å²) < 4.78 is 10.7. The molecule has 2 heterocycles. The van der Waals surface area contributed by atoms with Gasteiger partial charge in [0, 0.05) is 19.0 Å². The Hall–Kier alpha value is -1.77. The standard InChI is InChI=1S/C16H20N4O2.HI/c1-2-17-16(18-10-13-7-8-21-20-13)19-11-14-9-12-5-3-4-6-15(12)22-14;/h3-8,14H,2,9-11H2,1H3,(H2,17,18,19);1H. The van der Waals surface area contributed by atoms with Crippen LogP contribution in [0.5, 0.6) is 5.75 Å². The number of nitrogens with one attached hydrogen (secondary N) is 2. The minimum absolute atomic E-state index is 0. The van der Waals surface area contributed by atoms with Gasteiger partial charge in [-0.2, -0.15) is 0 Å². The van der Waals surface area contributed by atoms with Crippen LogP contribution in [0.1, 0.15) is 18.2 Å². The summed E-state index contributed by atoms with van der Waals surface area (Å²) in [4.78, 5) is 4.48. The van der Waals surface area contributed by atoms with Crippen molar-refractivity contribution in [1.82, 2.24) is 15.8 Å². The van der Waals surface area contributed by atoms with Gasteiger partial charge in [-0.1, -0.05) is 23.4 Å². The van der Waals surface area contributed by atoms with Gasteiger partial charge in [-0.15, -0.1) is 24.0 Å². The Morgan fingerprint density at radius 1 is 1.30 bits per heavy atom. The van der Waals surface area contributed by atoms with Gasteiger partial charge in [-0.25, -0.2) is 4.99 Å². The molecule has 0 fully saturated rings. The van der Waals surface area contributed by atoms with E-state index in [0.29, 0.717) is 13.1 Å². The zero-order chi connectivity index (χ0) is 15.2. The second-order valence-electron chi connectivity index (χ2n) is 5.12. The van der Waals surface area contributed by atoms with Gasteiger partial charge in [0.2, 0.25) is 0 Å². The molecule has 0 radical (unpaired) electrons. The topological polar surface area (TPSA) is 71.7 Å². The summed E-state index contributed by atoms with van der Waals surface area (Å²) in [5.41, 5.74) is 2.07. The second kappa shape index (κ2) is 8.76. The molecule has 1 atom stereocenters. The highest BCUT2D eigenvalue weighted by atomic mass is 127. The van der Waals surface area contributed by atoms with Crippen molar-refractivity contribution in [2.24, 2.45) is 4.99 Å². The van der Waals surface area contributed by atoms with Gasteiger partial charge in [-0.05, 0) is 18.6 Å². The number of benzene rings is 1. The fourth-order valence-corrected chi connectivity index (χ4v) is 2.40. The number of aromatic nitrogens is 1. The Morgan fingerprint density at radius 3 is 2.91 bits per heavy atom. The summed E-state index contributed by atoms with van der Waals surface area (Å²) in [6.45, 7) is 4.03. The second-order valence-corrected chi connectivity index (χ2v) is 5.12. The maximum absolute atomic E-state index is 5.91. The van der Waals surface area contributed by atoms with E-state index < -0.39 is 0 Å². The molecule has 0 spiro atoms. The predicted molar refractivity (Wildman–Crippen MR) is 99.3 cm³/mol. The van der Waals surface area contributed by atoms with Crippen LogP contribution in [0.4, 0.5) is 0 Å². The van der Waals surface area contributed by atoms with Crippen molar-refractivity contribution >= 4 is 29.9 Å². The van der Waals surface area contributed by atoms with Gasteiger partial charge in [-0.3, -0.25) is 0 Å². The summed E-state index contributed by atoms with van der Waals surface area (Å²) in [5.74, 6) is 1.74. The molecule has 6 nitrogen and oxygen atoms in total. The van der Waals surface area contributed by atoms with Crippen LogP contribution in [-0.4, -0.2) is 30.3 Å². The average molecular weight is 428 g/mol. The Balaban J connectivity index is 0.00000192. The third-order valence-corrected chi connectivity index (χ3v) is 3.45. The molecule has 2 aromatic rings.